The van der Waals surface area contributed by atoms with Crippen molar-refractivity contribution in [3.8, 4) is 5.75 Å². The highest BCUT2D eigenvalue weighted by Gasteiger charge is 2.16. The number of benzene rings is 1. The zero-order chi connectivity index (χ0) is 13.1. The molecule has 0 aliphatic carbocycles. The van der Waals surface area contributed by atoms with Crippen molar-refractivity contribution in [1.29, 1.82) is 0 Å². The molecule has 1 atom stereocenters. The number of aryl methyl sites for hydroxylation is 1. The Morgan fingerprint density at radius 2 is 2.06 bits per heavy atom. The maximum Gasteiger partial charge on any atom is 0.124 e. The molecular formula is C14H15FN2O. The summed E-state index contributed by atoms with van der Waals surface area (Å²) < 4.78 is 18.5. The molecule has 3 nitrogen and oxygen atoms in total. The molecule has 1 aromatic carbocycles. The molecule has 1 heterocycles. The standard InChI is InChI=1S/C14H15FN2O/c1-9-4-3-5-12(17-9)14(16)11-8-10(15)6-7-13(11)18-2/h3-8,14H,16H2,1-2H3. The van der Waals surface area contributed by atoms with Gasteiger partial charge in [0.05, 0.1) is 18.8 Å². The highest BCUT2D eigenvalue weighted by molar-refractivity contribution is 5.40. The molecule has 1 aromatic heterocycles. The van der Waals surface area contributed by atoms with Gasteiger partial charge in [-0.15, -0.1) is 0 Å². The molecule has 94 valence electrons. The minimum absolute atomic E-state index is 0.339. The van der Waals surface area contributed by atoms with Crippen LogP contribution in [0, 0.1) is 12.7 Å². The number of ether oxygens (including phenoxy) is 1. The molecule has 2 rings (SSSR count). The second kappa shape index (κ2) is 5.14. The molecule has 0 spiro atoms. The third-order valence-corrected chi connectivity index (χ3v) is 2.76. The normalized spacial score (nSPS) is 12.2. The van der Waals surface area contributed by atoms with Crippen molar-refractivity contribution >= 4 is 0 Å². The van der Waals surface area contributed by atoms with E-state index in [2.05, 4.69) is 4.98 Å². The maximum atomic E-state index is 13.3. The molecule has 0 radical (unpaired) electrons. The molecule has 18 heavy (non-hydrogen) atoms. The van der Waals surface area contributed by atoms with E-state index in [0.29, 0.717) is 17.0 Å². The van der Waals surface area contributed by atoms with Crippen molar-refractivity contribution < 1.29 is 9.13 Å². The van der Waals surface area contributed by atoms with Gasteiger partial charge in [0.25, 0.3) is 0 Å². The van der Waals surface area contributed by atoms with Crippen LogP contribution in [0.5, 0.6) is 5.75 Å². The summed E-state index contributed by atoms with van der Waals surface area (Å²) >= 11 is 0. The number of pyridine rings is 1. The first kappa shape index (κ1) is 12.5. The van der Waals surface area contributed by atoms with E-state index >= 15 is 0 Å². The van der Waals surface area contributed by atoms with E-state index in [1.165, 1.54) is 19.2 Å². The van der Waals surface area contributed by atoms with Crippen molar-refractivity contribution in [1.82, 2.24) is 4.98 Å². The van der Waals surface area contributed by atoms with Gasteiger partial charge in [0.2, 0.25) is 0 Å². The number of nitrogens with two attached hydrogens (primary N) is 1. The molecule has 0 amide bonds. The summed E-state index contributed by atoms with van der Waals surface area (Å²) in [5.74, 6) is 0.223. The molecule has 0 saturated carbocycles. The monoisotopic (exact) mass is 246 g/mol. The smallest absolute Gasteiger partial charge is 0.124 e. The quantitative estimate of drug-likeness (QED) is 0.905. The summed E-state index contributed by atoms with van der Waals surface area (Å²) in [6.45, 7) is 1.89. The van der Waals surface area contributed by atoms with Crippen molar-refractivity contribution in [3.05, 3.63) is 59.2 Å². The zero-order valence-corrected chi connectivity index (χ0v) is 10.4. The molecular weight excluding hydrogens is 231 g/mol. The molecule has 0 saturated heterocycles. The number of methoxy groups -OCH3 is 1. The van der Waals surface area contributed by atoms with Crippen LogP contribution in [0.4, 0.5) is 4.39 Å². The van der Waals surface area contributed by atoms with Gasteiger partial charge in [0.1, 0.15) is 11.6 Å². The maximum absolute atomic E-state index is 13.3. The van der Waals surface area contributed by atoms with Gasteiger partial charge in [0, 0.05) is 11.3 Å². The average Bonchev–Trinajstić information content (AvgIpc) is 2.38. The molecule has 0 bridgehead atoms. The Morgan fingerprint density at radius 3 is 2.72 bits per heavy atom. The lowest BCUT2D eigenvalue weighted by Crippen LogP contribution is -2.15. The average molecular weight is 246 g/mol. The lowest BCUT2D eigenvalue weighted by atomic mass is 10.0. The number of halogens is 1. The van der Waals surface area contributed by atoms with E-state index in [9.17, 15) is 4.39 Å². The lowest BCUT2D eigenvalue weighted by molar-refractivity contribution is 0.406. The van der Waals surface area contributed by atoms with Crippen molar-refractivity contribution in [3.63, 3.8) is 0 Å². The SMILES string of the molecule is COc1ccc(F)cc1C(N)c1cccc(C)n1. The molecule has 2 aromatic rings. The molecule has 4 heteroatoms. The first-order valence-electron chi connectivity index (χ1n) is 5.64. The van der Waals surface area contributed by atoms with Crippen LogP contribution in [-0.4, -0.2) is 12.1 Å². The van der Waals surface area contributed by atoms with Crippen LogP contribution in [0.1, 0.15) is 23.0 Å². The summed E-state index contributed by atoms with van der Waals surface area (Å²) in [5.41, 5.74) is 8.28. The summed E-state index contributed by atoms with van der Waals surface area (Å²) in [5, 5.41) is 0. The topological polar surface area (TPSA) is 48.1 Å². The van der Waals surface area contributed by atoms with E-state index in [1.54, 1.807) is 6.07 Å². The Morgan fingerprint density at radius 1 is 1.28 bits per heavy atom. The summed E-state index contributed by atoms with van der Waals surface area (Å²) in [4.78, 5) is 4.35. The first-order valence-corrected chi connectivity index (χ1v) is 5.64. The van der Waals surface area contributed by atoms with Crippen molar-refractivity contribution in [2.75, 3.05) is 7.11 Å². The van der Waals surface area contributed by atoms with Gasteiger partial charge in [-0.25, -0.2) is 4.39 Å². The van der Waals surface area contributed by atoms with Crippen LogP contribution in [-0.2, 0) is 0 Å². The van der Waals surface area contributed by atoms with Crippen molar-refractivity contribution in [2.24, 2.45) is 5.73 Å². The Kier molecular flexibility index (Phi) is 3.58. The number of hydrogen-bond acceptors (Lipinski definition) is 3. The van der Waals surface area contributed by atoms with Gasteiger partial charge in [-0.2, -0.15) is 0 Å². The van der Waals surface area contributed by atoms with Gasteiger partial charge in [0.15, 0.2) is 0 Å². The summed E-state index contributed by atoms with van der Waals surface area (Å²) in [6, 6.07) is 9.38. The summed E-state index contributed by atoms with van der Waals surface area (Å²) in [6.07, 6.45) is 0. The van der Waals surface area contributed by atoms with E-state index < -0.39 is 6.04 Å². The van der Waals surface area contributed by atoms with Crippen LogP contribution >= 0.6 is 0 Å². The Labute approximate surface area is 105 Å². The van der Waals surface area contributed by atoms with Crippen LogP contribution in [0.15, 0.2) is 36.4 Å². The predicted octanol–water partition coefficient (Wildman–Crippen LogP) is 2.59. The largest absolute Gasteiger partial charge is 0.496 e. The van der Waals surface area contributed by atoms with Crippen LogP contribution in [0.25, 0.3) is 0 Å². The van der Waals surface area contributed by atoms with E-state index in [0.717, 1.165) is 5.69 Å². The minimum Gasteiger partial charge on any atom is -0.496 e. The third kappa shape index (κ3) is 2.49. The zero-order valence-electron chi connectivity index (χ0n) is 10.4. The first-order chi connectivity index (χ1) is 8.61. The second-order valence-corrected chi connectivity index (χ2v) is 4.07. The Balaban J connectivity index is 2.44. The highest BCUT2D eigenvalue weighted by Crippen LogP contribution is 2.28. The van der Waals surface area contributed by atoms with Gasteiger partial charge < -0.3 is 10.5 Å². The van der Waals surface area contributed by atoms with Crippen LogP contribution in [0.3, 0.4) is 0 Å². The highest BCUT2D eigenvalue weighted by atomic mass is 19.1. The van der Waals surface area contributed by atoms with Crippen LogP contribution < -0.4 is 10.5 Å². The fourth-order valence-corrected chi connectivity index (χ4v) is 1.84. The van der Waals surface area contributed by atoms with Gasteiger partial charge in [-0.3, -0.25) is 4.98 Å². The van der Waals surface area contributed by atoms with E-state index in [1.807, 2.05) is 25.1 Å². The van der Waals surface area contributed by atoms with E-state index in [-0.39, 0.29) is 5.82 Å². The van der Waals surface area contributed by atoms with E-state index in [4.69, 9.17) is 10.5 Å². The molecule has 0 fully saturated rings. The number of aromatic nitrogens is 1. The predicted molar refractivity (Wildman–Crippen MR) is 68.0 cm³/mol. The summed E-state index contributed by atoms with van der Waals surface area (Å²) in [7, 11) is 1.53. The molecule has 0 aliphatic heterocycles. The molecule has 2 N–H and O–H groups in total. The number of rotatable bonds is 3. The van der Waals surface area contributed by atoms with Gasteiger partial charge in [-0.05, 0) is 37.3 Å². The Bertz CT molecular complexity index is 557. The van der Waals surface area contributed by atoms with Gasteiger partial charge >= 0.3 is 0 Å². The molecule has 0 aliphatic rings. The second-order valence-electron chi connectivity index (χ2n) is 4.07. The number of hydrogen-bond donors (Lipinski definition) is 1. The molecule has 1 unspecified atom stereocenters. The fourth-order valence-electron chi connectivity index (χ4n) is 1.84. The van der Waals surface area contributed by atoms with Crippen LogP contribution in [0.2, 0.25) is 0 Å². The van der Waals surface area contributed by atoms with Gasteiger partial charge in [-0.1, -0.05) is 6.07 Å². The van der Waals surface area contributed by atoms with Crippen molar-refractivity contribution in [2.45, 2.75) is 13.0 Å². The Hall–Kier alpha value is -1.94. The number of nitrogens with zero attached hydrogens (tertiary/aromatic N) is 1. The lowest BCUT2D eigenvalue weighted by Gasteiger charge is -2.15. The minimum atomic E-state index is -0.504. The fraction of sp³-hybridized carbons (Fsp3) is 0.214. The third-order valence-electron chi connectivity index (χ3n) is 2.76.